The molecule has 0 saturated carbocycles. The molecule has 1 unspecified atom stereocenters. The first-order chi connectivity index (χ1) is 8.97. The van der Waals surface area contributed by atoms with Crippen molar-refractivity contribution in [2.75, 3.05) is 0 Å². The molecule has 100 valence electrons. The largest absolute Gasteiger partial charge is 0.324 e. The summed E-state index contributed by atoms with van der Waals surface area (Å²) in [5.74, 6) is -0.258. The van der Waals surface area contributed by atoms with Crippen LogP contribution in [-0.2, 0) is 6.42 Å². The van der Waals surface area contributed by atoms with Crippen molar-refractivity contribution < 1.29 is 4.39 Å². The molecular weight excluding hydrogens is 329 g/mol. The Labute approximate surface area is 125 Å². The highest BCUT2D eigenvalue weighted by molar-refractivity contribution is 9.10. The molecule has 0 bridgehead atoms. The van der Waals surface area contributed by atoms with Crippen LogP contribution in [0, 0.1) is 12.7 Å². The summed E-state index contributed by atoms with van der Waals surface area (Å²) in [7, 11) is 0. The Bertz CT molecular complexity index is 601. The quantitative estimate of drug-likeness (QED) is 0.852. The van der Waals surface area contributed by atoms with Crippen LogP contribution in [-0.4, -0.2) is 0 Å². The number of nitrogens with two attached hydrogens (primary N) is 1. The molecule has 2 N–H and O–H groups in total. The predicted octanol–water partition coefficient (Wildman–Crippen LogP) is 4.79. The average molecular weight is 343 g/mol. The lowest BCUT2D eigenvalue weighted by Crippen LogP contribution is -2.13. The maximum atomic E-state index is 13.0. The summed E-state index contributed by atoms with van der Waals surface area (Å²) in [6.07, 6.45) is 0.641. The van der Waals surface area contributed by atoms with Gasteiger partial charge in [0.05, 0.1) is 0 Å². The molecule has 1 atom stereocenters. The van der Waals surface area contributed by atoms with E-state index in [4.69, 9.17) is 17.3 Å². The second-order valence-corrected chi connectivity index (χ2v) is 5.82. The molecule has 0 aliphatic heterocycles. The lowest BCUT2D eigenvalue weighted by atomic mass is 9.98. The minimum Gasteiger partial charge on any atom is -0.324 e. The smallest absolute Gasteiger partial charge is 0.124 e. The van der Waals surface area contributed by atoms with Gasteiger partial charge in [0.2, 0.25) is 0 Å². The van der Waals surface area contributed by atoms with E-state index in [9.17, 15) is 4.39 Å². The van der Waals surface area contributed by atoms with Crippen molar-refractivity contribution in [3.63, 3.8) is 0 Å². The minimum absolute atomic E-state index is 0.141. The van der Waals surface area contributed by atoms with E-state index < -0.39 is 0 Å². The van der Waals surface area contributed by atoms with Crippen LogP contribution >= 0.6 is 27.5 Å². The fraction of sp³-hybridized carbons (Fsp3) is 0.200. The second-order valence-electron chi connectivity index (χ2n) is 4.55. The Morgan fingerprint density at radius 3 is 2.63 bits per heavy atom. The van der Waals surface area contributed by atoms with Crippen LogP contribution in [0.25, 0.3) is 0 Å². The lowest BCUT2D eigenvalue weighted by Gasteiger charge is -2.14. The number of hydrogen-bond donors (Lipinski definition) is 1. The fourth-order valence-electron chi connectivity index (χ4n) is 1.94. The predicted molar refractivity (Wildman–Crippen MR) is 80.9 cm³/mol. The highest BCUT2D eigenvalue weighted by atomic mass is 79.9. The van der Waals surface area contributed by atoms with Gasteiger partial charge in [-0.05, 0) is 48.2 Å². The first kappa shape index (κ1) is 14.5. The molecule has 2 aromatic carbocycles. The molecule has 0 radical (unpaired) electrons. The summed E-state index contributed by atoms with van der Waals surface area (Å²) in [5.41, 5.74) is 9.22. The summed E-state index contributed by atoms with van der Waals surface area (Å²) < 4.78 is 13.8. The Kier molecular flexibility index (Phi) is 4.61. The van der Waals surface area contributed by atoms with Crippen LogP contribution in [0.1, 0.15) is 22.7 Å². The maximum absolute atomic E-state index is 13.0. The molecule has 2 aromatic rings. The van der Waals surface area contributed by atoms with Crippen molar-refractivity contribution in [2.45, 2.75) is 19.4 Å². The monoisotopic (exact) mass is 341 g/mol. The van der Waals surface area contributed by atoms with Gasteiger partial charge in [0.15, 0.2) is 0 Å². The van der Waals surface area contributed by atoms with Crippen LogP contribution in [0.2, 0.25) is 5.02 Å². The molecule has 0 aliphatic rings. The number of aryl methyl sites for hydroxylation is 1. The second kappa shape index (κ2) is 6.04. The fourth-order valence-corrected chi connectivity index (χ4v) is 2.57. The van der Waals surface area contributed by atoms with E-state index in [1.54, 1.807) is 6.07 Å². The van der Waals surface area contributed by atoms with Crippen LogP contribution in [0.15, 0.2) is 40.9 Å². The van der Waals surface area contributed by atoms with Crippen molar-refractivity contribution in [2.24, 2.45) is 5.73 Å². The zero-order valence-electron chi connectivity index (χ0n) is 10.5. The molecule has 4 heteroatoms. The van der Waals surface area contributed by atoms with Crippen molar-refractivity contribution >= 4 is 27.5 Å². The number of hydrogen-bond acceptors (Lipinski definition) is 1. The van der Waals surface area contributed by atoms with E-state index in [2.05, 4.69) is 15.9 Å². The van der Waals surface area contributed by atoms with Gasteiger partial charge in [0.25, 0.3) is 0 Å². The molecule has 2 rings (SSSR count). The van der Waals surface area contributed by atoms with Gasteiger partial charge in [-0.25, -0.2) is 4.39 Å². The Morgan fingerprint density at radius 1 is 1.26 bits per heavy atom. The SMILES string of the molecule is Cc1cc(C(N)Cc2ccc(F)cc2Br)ccc1Cl. The first-order valence-electron chi connectivity index (χ1n) is 5.93. The average Bonchev–Trinajstić information content (AvgIpc) is 2.36. The van der Waals surface area contributed by atoms with Gasteiger partial charge < -0.3 is 5.73 Å². The lowest BCUT2D eigenvalue weighted by molar-refractivity contribution is 0.624. The van der Waals surface area contributed by atoms with Gasteiger partial charge in [-0.1, -0.05) is 45.7 Å². The normalized spacial score (nSPS) is 12.5. The molecular formula is C15H14BrClFN. The van der Waals surface area contributed by atoms with E-state index in [1.165, 1.54) is 12.1 Å². The van der Waals surface area contributed by atoms with E-state index in [-0.39, 0.29) is 11.9 Å². The third kappa shape index (κ3) is 3.56. The van der Waals surface area contributed by atoms with Crippen LogP contribution in [0.3, 0.4) is 0 Å². The van der Waals surface area contributed by atoms with Gasteiger partial charge in [0, 0.05) is 15.5 Å². The standard InChI is InChI=1S/C15H14BrClFN/c1-9-6-11(3-5-14(9)17)15(19)7-10-2-4-12(18)8-13(10)16/h2-6,8,15H,7,19H2,1H3. The molecule has 0 heterocycles. The Balaban J connectivity index is 2.20. The molecule has 0 aliphatic carbocycles. The molecule has 0 amide bonds. The molecule has 19 heavy (non-hydrogen) atoms. The van der Waals surface area contributed by atoms with E-state index in [0.29, 0.717) is 6.42 Å². The third-order valence-electron chi connectivity index (χ3n) is 3.07. The van der Waals surface area contributed by atoms with Gasteiger partial charge in [-0.15, -0.1) is 0 Å². The third-order valence-corrected chi connectivity index (χ3v) is 4.23. The Hall–Kier alpha value is -0.900. The van der Waals surface area contributed by atoms with Crippen LogP contribution in [0.5, 0.6) is 0 Å². The number of halogens is 3. The zero-order valence-corrected chi connectivity index (χ0v) is 12.8. The first-order valence-corrected chi connectivity index (χ1v) is 7.10. The van der Waals surface area contributed by atoms with E-state index in [0.717, 1.165) is 26.2 Å². The van der Waals surface area contributed by atoms with E-state index in [1.807, 2.05) is 25.1 Å². The molecule has 0 fully saturated rings. The maximum Gasteiger partial charge on any atom is 0.124 e. The zero-order chi connectivity index (χ0) is 14.0. The molecule has 0 spiro atoms. The van der Waals surface area contributed by atoms with Gasteiger partial charge in [0.1, 0.15) is 5.82 Å². The topological polar surface area (TPSA) is 26.0 Å². The van der Waals surface area contributed by atoms with Crippen LogP contribution < -0.4 is 5.73 Å². The highest BCUT2D eigenvalue weighted by Gasteiger charge is 2.11. The van der Waals surface area contributed by atoms with Crippen molar-refractivity contribution in [3.8, 4) is 0 Å². The van der Waals surface area contributed by atoms with Crippen molar-refractivity contribution in [3.05, 3.63) is 68.4 Å². The number of rotatable bonds is 3. The van der Waals surface area contributed by atoms with E-state index >= 15 is 0 Å². The van der Waals surface area contributed by atoms with Gasteiger partial charge in [-0.3, -0.25) is 0 Å². The molecule has 1 nitrogen and oxygen atoms in total. The summed E-state index contributed by atoms with van der Waals surface area (Å²) in [6.45, 7) is 1.95. The molecule has 0 saturated heterocycles. The summed E-state index contributed by atoms with van der Waals surface area (Å²) in [6, 6.07) is 10.3. The molecule has 0 aromatic heterocycles. The highest BCUT2D eigenvalue weighted by Crippen LogP contribution is 2.25. The van der Waals surface area contributed by atoms with Gasteiger partial charge >= 0.3 is 0 Å². The van der Waals surface area contributed by atoms with Gasteiger partial charge in [-0.2, -0.15) is 0 Å². The minimum atomic E-state index is -0.258. The van der Waals surface area contributed by atoms with Crippen molar-refractivity contribution in [1.29, 1.82) is 0 Å². The summed E-state index contributed by atoms with van der Waals surface area (Å²) >= 11 is 9.36. The van der Waals surface area contributed by atoms with Crippen molar-refractivity contribution in [1.82, 2.24) is 0 Å². The summed E-state index contributed by atoms with van der Waals surface area (Å²) in [5, 5.41) is 0.735. The summed E-state index contributed by atoms with van der Waals surface area (Å²) in [4.78, 5) is 0. The van der Waals surface area contributed by atoms with Crippen LogP contribution in [0.4, 0.5) is 4.39 Å². The number of benzene rings is 2. The Morgan fingerprint density at radius 2 is 2.00 bits per heavy atom.